The second kappa shape index (κ2) is 6.01. The molecule has 1 aromatic rings. The second-order valence-corrected chi connectivity index (χ2v) is 7.44. The van der Waals surface area contributed by atoms with Crippen LogP contribution in [0.3, 0.4) is 0 Å². The van der Waals surface area contributed by atoms with E-state index in [4.69, 9.17) is 4.74 Å². The number of fused-ring (bicyclic) bond motifs is 1. The Balaban J connectivity index is 1.42. The smallest absolute Gasteiger partial charge is 0.164 e. The largest absolute Gasteiger partial charge is 0.368 e. The molecule has 3 heteroatoms. The summed E-state index contributed by atoms with van der Waals surface area (Å²) in [5, 5.41) is 0. The molecule has 5 atom stereocenters. The molecule has 23 heavy (non-hydrogen) atoms. The molecule has 1 saturated heterocycles. The van der Waals surface area contributed by atoms with Crippen molar-refractivity contribution in [2.24, 2.45) is 23.7 Å². The van der Waals surface area contributed by atoms with Crippen molar-refractivity contribution in [1.29, 1.82) is 0 Å². The van der Waals surface area contributed by atoms with Gasteiger partial charge >= 0.3 is 0 Å². The number of benzene rings is 1. The summed E-state index contributed by atoms with van der Waals surface area (Å²) in [6.07, 6.45) is 8.56. The van der Waals surface area contributed by atoms with Crippen LogP contribution in [0.5, 0.6) is 0 Å². The molecule has 3 aliphatic rings. The van der Waals surface area contributed by atoms with E-state index in [-0.39, 0.29) is 6.10 Å². The summed E-state index contributed by atoms with van der Waals surface area (Å²) in [7, 11) is 0. The molecule has 124 valence electrons. The predicted octanol–water partition coefficient (Wildman–Crippen LogP) is 5.21. The van der Waals surface area contributed by atoms with Gasteiger partial charge in [-0.2, -0.15) is 0 Å². The number of aryl methyl sites for hydroxylation is 1. The van der Waals surface area contributed by atoms with E-state index in [0.29, 0.717) is 36.0 Å². The number of epoxide rings is 1. The standard InChI is InChI=1S/C20H24F2O/c1-2-12-5-8-16-13(6-9-15(12)16)3-4-14-7-10-17(18-11-23-18)20(22)19(14)21/h2,7,10,12-13,15-16,18H,1,3-6,8-9,11H2. The van der Waals surface area contributed by atoms with Gasteiger partial charge in [-0.1, -0.05) is 18.2 Å². The van der Waals surface area contributed by atoms with Crippen molar-refractivity contribution < 1.29 is 13.5 Å². The quantitative estimate of drug-likeness (QED) is 0.536. The average Bonchev–Trinajstić information content (AvgIpc) is 3.18. The van der Waals surface area contributed by atoms with Gasteiger partial charge in [0.05, 0.1) is 6.61 Å². The zero-order chi connectivity index (χ0) is 16.0. The molecule has 0 bridgehead atoms. The monoisotopic (exact) mass is 318 g/mol. The van der Waals surface area contributed by atoms with Crippen LogP contribution < -0.4 is 0 Å². The van der Waals surface area contributed by atoms with Crippen molar-refractivity contribution in [1.82, 2.24) is 0 Å². The molecule has 0 spiro atoms. The lowest BCUT2D eigenvalue weighted by atomic mass is 9.86. The van der Waals surface area contributed by atoms with E-state index in [2.05, 4.69) is 12.7 Å². The highest BCUT2D eigenvalue weighted by Gasteiger charge is 2.43. The predicted molar refractivity (Wildman–Crippen MR) is 86.0 cm³/mol. The van der Waals surface area contributed by atoms with Crippen molar-refractivity contribution in [3.8, 4) is 0 Å². The van der Waals surface area contributed by atoms with Crippen LogP contribution in [-0.2, 0) is 11.2 Å². The van der Waals surface area contributed by atoms with Crippen molar-refractivity contribution in [2.45, 2.75) is 44.6 Å². The summed E-state index contributed by atoms with van der Waals surface area (Å²) in [4.78, 5) is 0. The lowest BCUT2D eigenvalue weighted by molar-refractivity contribution is 0.320. The molecular weight excluding hydrogens is 294 g/mol. The van der Waals surface area contributed by atoms with Crippen molar-refractivity contribution in [3.63, 3.8) is 0 Å². The van der Waals surface area contributed by atoms with E-state index >= 15 is 0 Å². The Morgan fingerprint density at radius 2 is 1.87 bits per heavy atom. The third-order valence-electron chi connectivity index (χ3n) is 6.37. The van der Waals surface area contributed by atoms with E-state index in [1.165, 1.54) is 25.7 Å². The van der Waals surface area contributed by atoms with Gasteiger partial charge in [0.15, 0.2) is 11.6 Å². The Labute approximate surface area is 136 Å². The first-order chi connectivity index (χ1) is 11.2. The Morgan fingerprint density at radius 3 is 2.61 bits per heavy atom. The van der Waals surface area contributed by atoms with Crippen LogP contribution in [0.2, 0.25) is 0 Å². The summed E-state index contributed by atoms with van der Waals surface area (Å²) >= 11 is 0. The molecule has 0 radical (unpaired) electrons. The summed E-state index contributed by atoms with van der Waals surface area (Å²) in [6.45, 7) is 4.47. The lowest BCUT2D eigenvalue weighted by Gasteiger charge is -2.19. The second-order valence-electron chi connectivity index (χ2n) is 7.44. The third kappa shape index (κ3) is 2.73. The van der Waals surface area contributed by atoms with Crippen molar-refractivity contribution in [2.75, 3.05) is 6.61 Å². The maximum absolute atomic E-state index is 14.3. The van der Waals surface area contributed by atoms with Gasteiger partial charge in [0.25, 0.3) is 0 Å². The molecular formula is C20H24F2O. The van der Waals surface area contributed by atoms with Gasteiger partial charge in [-0.15, -0.1) is 6.58 Å². The minimum Gasteiger partial charge on any atom is -0.368 e. The fourth-order valence-corrected chi connectivity index (χ4v) is 5.03. The van der Waals surface area contributed by atoms with Crippen LogP contribution in [0.1, 0.15) is 49.3 Å². The SMILES string of the molecule is C=CC1CCC2C(CCc3ccc(C4CO4)c(F)c3F)CCC12. The minimum atomic E-state index is -0.707. The number of ether oxygens (including phenoxy) is 1. The minimum absolute atomic E-state index is 0.233. The summed E-state index contributed by atoms with van der Waals surface area (Å²) in [6, 6.07) is 3.45. The molecule has 1 aliphatic heterocycles. The molecule has 1 heterocycles. The fourth-order valence-electron chi connectivity index (χ4n) is 5.03. The van der Waals surface area contributed by atoms with E-state index < -0.39 is 11.6 Å². The highest BCUT2D eigenvalue weighted by molar-refractivity contribution is 5.29. The van der Waals surface area contributed by atoms with Crippen molar-refractivity contribution >= 4 is 0 Å². The van der Waals surface area contributed by atoms with Gasteiger partial charge < -0.3 is 4.74 Å². The number of hydrogen-bond donors (Lipinski definition) is 0. The fraction of sp³-hybridized carbons (Fsp3) is 0.600. The molecule has 3 fully saturated rings. The molecule has 1 aromatic carbocycles. The molecule has 2 aliphatic carbocycles. The van der Waals surface area contributed by atoms with E-state index in [0.717, 1.165) is 18.3 Å². The van der Waals surface area contributed by atoms with Crippen LogP contribution in [-0.4, -0.2) is 6.61 Å². The van der Waals surface area contributed by atoms with Crippen molar-refractivity contribution in [3.05, 3.63) is 47.5 Å². The molecule has 1 nitrogen and oxygen atoms in total. The van der Waals surface area contributed by atoms with E-state index in [9.17, 15) is 8.78 Å². The van der Waals surface area contributed by atoms with Crippen LogP contribution in [0, 0.1) is 35.3 Å². The molecule has 0 aromatic heterocycles. The van der Waals surface area contributed by atoms with E-state index in [1.54, 1.807) is 12.1 Å². The van der Waals surface area contributed by atoms with E-state index in [1.807, 2.05) is 0 Å². The number of hydrogen-bond acceptors (Lipinski definition) is 1. The number of rotatable bonds is 5. The lowest BCUT2D eigenvalue weighted by Crippen LogP contribution is -2.13. The summed E-state index contributed by atoms with van der Waals surface area (Å²) < 4.78 is 33.4. The molecule has 0 N–H and O–H groups in total. The molecule has 4 rings (SSSR count). The maximum Gasteiger partial charge on any atom is 0.164 e. The molecule has 5 unspecified atom stereocenters. The Kier molecular flexibility index (Phi) is 4.00. The first-order valence-electron chi connectivity index (χ1n) is 8.90. The average molecular weight is 318 g/mol. The zero-order valence-corrected chi connectivity index (χ0v) is 13.4. The Morgan fingerprint density at radius 1 is 1.09 bits per heavy atom. The van der Waals surface area contributed by atoms with Crippen LogP contribution in [0.25, 0.3) is 0 Å². The van der Waals surface area contributed by atoms with Gasteiger partial charge in [-0.3, -0.25) is 0 Å². The first kappa shape index (κ1) is 15.3. The van der Waals surface area contributed by atoms with Gasteiger partial charge in [0, 0.05) is 5.56 Å². The molecule has 0 amide bonds. The Hall–Kier alpha value is -1.22. The third-order valence-corrected chi connectivity index (χ3v) is 6.37. The Bertz CT molecular complexity index is 608. The normalized spacial score (nSPS) is 35.3. The summed E-state index contributed by atoms with van der Waals surface area (Å²) in [5.74, 6) is 1.53. The maximum atomic E-state index is 14.3. The van der Waals surface area contributed by atoms with Gasteiger partial charge in [0.1, 0.15) is 6.10 Å². The highest BCUT2D eigenvalue weighted by atomic mass is 19.2. The first-order valence-corrected chi connectivity index (χ1v) is 8.90. The van der Waals surface area contributed by atoms with Crippen LogP contribution >= 0.6 is 0 Å². The highest BCUT2D eigenvalue weighted by Crippen LogP contribution is 2.52. The zero-order valence-electron chi connectivity index (χ0n) is 13.4. The van der Waals surface area contributed by atoms with Crippen LogP contribution in [0.15, 0.2) is 24.8 Å². The number of halogens is 2. The topological polar surface area (TPSA) is 12.5 Å². The molecule has 2 saturated carbocycles. The van der Waals surface area contributed by atoms with Crippen LogP contribution in [0.4, 0.5) is 8.78 Å². The van der Waals surface area contributed by atoms with Gasteiger partial charge in [-0.25, -0.2) is 8.78 Å². The summed E-state index contributed by atoms with van der Waals surface area (Å²) in [5.41, 5.74) is 0.894. The van der Waals surface area contributed by atoms with Gasteiger partial charge in [0.2, 0.25) is 0 Å². The van der Waals surface area contributed by atoms with Gasteiger partial charge in [-0.05, 0) is 67.8 Å². The number of allylic oxidation sites excluding steroid dienone is 1.